The van der Waals surface area contributed by atoms with Gasteiger partial charge in [-0.2, -0.15) is 0 Å². The van der Waals surface area contributed by atoms with E-state index in [1.165, 1.54) is 5.56 Å². The lowest BCUT2D eigenvalue weighted by atomic mass is 10.00. The fourth-order valence-electron chi connectivity index (χ4n) is 2.44. The van der Waals surface area contributed by atoms with Gasteiger partial charge in [-0.25, -0.2) is 0 Å². The molecule has 2 rings (SSSR count). The van der Waals surface area contributed by atoms with Crippen LogP contribution in [0.4, 0.5) is 0 Å². The van der Waals surface area contributed by atoms with Crippen LogP contribution < -0.4 is 5.32 Å². The number of nitrogens with one attached hydrogen (secondary N) is 1. The third-order valence-corrected chi connectivity index (χ3v) is 3.88. The largest absolute Gasteiger partial charge is 0.466 e. The van der Waals surface area contributed by atoms with Gasteiger partial charge in [0.15, 0.2) is 0 Å². The van der Waals surface area contributed by atoms with Gasteiger partial charge in [-0.1, -0.05) is 79.7 Å². The van der Waals surface area contributed by atoms with Crippen LogP contribution in [0.5, 0.6) is 0 Å². The zero-order chi connectivity index (χ0) is 17.2. The second-order valence-corrected chi connectivity index (χ2v) is 5.70. The van der Waals surface area contributed by atoms with Gasteiger partial charge in [-0.05, 0) is 18.1 Å². The van der Waals surface area contributed by atoms with Gasteiger partial charge in [0.25, 0.3) is 0 Å². The highest BCUT2D eigenvalue weighted by Crippen LogP contribution is 2.12. The van der Waals surface area contributed by atoms with E-state index < -0.39 is 0 Å². The molecule has 0 bridgehead atoms. The first-order valence-electron chi connectivity index (χ1n) is 8.38. The number of carbonyl (C=O) groups excluding carboxylic acids is 1. The molecule has 0 aliphatic rings. The summed E-state index contributed by atoms with van der Waals surface area (Å²) in [4.78, 5) is 12.1. The summed E-state index contributed by atoms with van der Waals surface area (Å²) in [6, 6.07) is 20.1. The molecule has 2 aromatic carbocycles. The average Bonchev–Trinajstić information content (AvgIpc) is 2.63. The summed E-state index contributed by atoms with van der Waals surface area (Å²) in [5, 5.41) is 3.46. The van der Waals surface area contributed by atoms with Crippen LogP contribution >= 0.6 is 0 Å². The zero-order valence-corrected chi connectivity index (χ0v) is 14.3. The fraction of sp³-hybridized carbons (Fsp3) is 0.286. The van der Waals surface area contributed by atoms with Gasteiger partial charge in [-0.15, -0.1) is 0 Å². The van der Waals surface area contributed by atoms with E-state index in [1.54, 1.807) is 0 Å². The molecule has 0 aliphatic carbocycles. The molecule has 0 fully saturated rings. The van der Waals surface area contributed by atoms with E-state index in [0.29, 0.717) is 13.2 Å². The Labute approximate surface area is 144 Å². The van der Waals surface area contributed by atoms with Gasteiger partial charge in [0.05, 0.1) is 12.5 Å². The number of rotatable bonds is 8. The van der Waals surface area contributed by atoms with Crippen LogP contribution in [-0.4, -0.2) is 18.6 Å². The highest BCUT2D eigenvalue weighted by atomic mass is 16.5. The molecule has 2 aromatic rings. The van der Waals surface area contributed by atoms with E-state index in [1.807, 2.05) is 74.5 Å². The summed E-state index contributed by atoms with van der Waals surface area (Å²) in [5.41, 5.74) is 2.30. The molecule has 0 spiro atoms. The van der Waals surface area contributed by atoms with E-state index in [2.05, 4.69) is 17.4 Å². The van der Waals surface area contributed by atoms with Crippen LogP contribution in [0.3, 0.4) is 0 Å². The average molecular weight is 323 g/mol. The zero-order valence-electron chi connectivity index (χ0n) is 14.3. The van der Waals surface area contributed by atoms with Crippen molar-refractivity contribution in [2.75, 3.05) is 6.61 Å². The first-order chi connectivity index (χ1) is 11.7. The minimum absolute atomic E-state index is 0.0931. The van der Waals surface area contributed by atoms with Gasteiger partial charge in [0.1, 0.15) is 0 Å². The van der Waals surface area contributed by atoms with Crippen molar-refractivity contribution in [3.05, 3.63) is 77.9 Å². The van der Waals surface area contributed by atoms with Gasteiger partial charge in [-0.3, -0.25) is 4.79 Å². The smallest absolute Gasteiger partial charge is 0.310 e. The Morgan fingerprint density at radius 2 is 1.71 bits per heavy atom. The van der Waals surface area contributed by atoms with E-state index in [0.717, 1.165) is 5.56 Å². The number of hydrogen-bond acceptors (Lipinski definition) is 3. The number of benzene rings is 2. The van der Waals surface area contributed by atoms with E-state index >= 15 is 0 Å². The Morgan fingerprint density at radius 1 is 1.08 bits per heavy atom. The molecule has 0 unspecified atom stereocenters. The van der Waals surface area contributed by atoms with Gasteiger partial charge in [0, 0.05) is 12.6 Å². The summed E-state index contributed by atoms with van der Waals surface area (Å²) in [6.45, 7) is 4.83. The Hall–Kier alpha value is -2.39. The van der Waals surface area contributed by atoms with Crippen molar-refractivity contribution in [3.8, 4) is 0 Å². The van der Waals surface area contributed by atoms with Crippen molar-refractivity contribution in [1.82, 2.24) is 5.32 Å². The van der Waals surface area contributed by atoms with Gasteiger partial charge in [0.2, 0.25) is 0 Å². The molecule has 3 heteroatoms. The molecule has 0 aliphatic heterocycles. The summed E-state index contributed by atoms with van der Waals surface area (Å²) < 4.78 is 5.18. The van der Waals surface area contributed by atoms with E-state index in [-0.39, 0.29) is 17.9 Å². The fourth-order valence-corrected chi connectivity index (χ4v) is 2.44. The Bertz CT molecular complexity index is 637. The van der Waals surface area contributed by atoms with Crippen LogP contribution in [0.15, 0.2) is 66.7 Å². The number of carbonyl (C=O) groups is 1. The van der Waals surface area contributed by atoms with Crippen molar-refractivity contribution in [3.63, 3.8) is 0 Å². The number of ether oxygens (including phenoxy) is 1. The molecule has 0 aromatic heterocycles. The molecule has 0 saturated heterocycles. The monoisotopic (exact) mass is 323 g/mol. The van der Waals surface area contributed by atoms with Crippen LogP contribution in [0.25, 0.3) is 6.08 Å². The van der Waals surface area contributed by atoms with Crippen LogP contribution in [0.1, 0.15) is 25.0 Å². The summed E-state index contributed by atoms with van der Waals surface area (Å²) in [7, 11) is 0. The summed E-state index contributed by atoms with van der Waals surface area (Å²) in [6.07, 6.45) is 4.08. The maximum Gasteiger partial charge on any atom is 0.310 e. The third kappa shape index (κ3) is 5.67. The second kappa shape index (κ2) is 9.68. The van der Waals surface area contributed by atoms with Crippen LogP contribution in [-0.2, 0) is 16.1 Å². The summed E-state index contributed by atoms with van der Waals surface area (Å²) >= 11 is 0. The van der Waals surface area contributed by atoms with Crippen molar-refractivity contribution in [2.45, 2.75) is 26.4 Å². The highest BCUT2D eigenvalue weighted by Gasteiger charge is 2.22. The van der Waals surface area contributed by atoms with Crippen LogP contribution in [0, 0.1) is 5.92 Å². The normalized spacial score (nSPS) is 13.6. The van der Waals surface area contributed by atoms with Crippen molar-refractivity contribution in [1.29, 1.82) is 0 Å². The third-order valence-electron chi connectivity index (χ3n) is 3.88. The lowest BCUT2D eigenvalue weighted by Crippen LogP contribution is -2.37. The number of esters is 1. The highest BCUT2D eigenvalue weighted by molar-refractivity contribution is 5.73. The molecule has 1 N–H and O–H groups in total. The molecule has 126 valence electrons. The topological polar surface area (TPSA) is 38.3 Å². The minimum atomic E-state index is -0.256. The molecule has 0 amide bonds. The lowest BCUT2D eigenvalue weighted by Gasteiger charge is -2.21. The Kier molecular flexibility index (Phi) is 7.24. The standard InChI is InChI=1S/C21H25NO2/c1-3-24-21(23)17(2)20(15-14-18-10-6-4-7-11-18)22-16-19-12-8-5-9-13-19/h4-15,17,20,22H,3,16H2,1-2H3/b15-14+/t17-,20-/m1/s1. The predicted molar refractivity (Wildman–Crippen MR) is 98.3 cm³/mol. The SMILES string of the molecule is CCOC(=O)[C@H](C)[C@@H](/C=C/c1ccccc1)NCc1ccccc1. The van der Waals surface area contributed by atoms with Gasteiger partial charge >= 0.3 is 5.97 Å². The minimum Gasteiger partial charge on any atom is -0.466 e. The Balaban J connectivity index is 2.08. The van der Waals surface area contributed by atoms with E-state index in [4.69, 9.17) is 4.74 Å². The molecule has 3 nitrogen and oxygen atoms in total. The molecular formula is C21H25NO2. The maximum atomic E-state index is 12.1. The van der Waals surface area contributed by atoms with Crippen molar-refractivity contribution in [2.24, 2.45) is 5.92 Å². The van der Waals surface area contributed by atoms with Crippen LogP contribution in [0.2, 0.25) is 0 Å². The van der Waals surface area contributed by atoms with E-state index in [9.17, 15) is 4.79 Å². The maximum absolute atomic E-state index is 12.1. The first kappa shape index (κ1) is 18.0. The first-order valence-corrected chi connectivity index (χ1v) is 8.38. The Morgan fingerprint density at radius 3 is 2.33 bits per heavy atom. The lowest BCUT2D eigenvalue weighted by molar-refractivity contribution is -0.147. The van der Waals surface area contributed by atoms with Crippen molar-refractivity contribution >= 4 is 12.0 Å². The number of hydrogen-bond donors (Lipinski definition) is 1. The molecule has 2 atom stereocenters. The molecule has 0 radical (unpaired) electrons. The van der Waals surface area contributed by atoms with Gasteiger partial charge < -0.3 is 10.1 Å². The predicted octanol–water partition coefficient (Wildman–Crippen LogP) is 4.06. The molecular weight excluding hydrogens is 298 g/mol. The summed E-state index contributed by atoms with van der Waals surface area (Å²) in [5.74, 6) is -0.436. The quantitative estimate of drug-likeness (QED) is 0.745. The molecule has 24 heavy (non-hydrogen) atoms. The molecule has 0 heterocycles. The van der Waals surface area contributed by atoms with Crippen molar-refractivity contribution < 1.29 is 9.53 Å². The molecule has 0 saturated carbocycles. The second-order valence-electron chi connectivity index (χ2n) is 5.70.